The van der Waals surface area contributed by atoms with Gasteiger partial charge in [-0.2, -0.15) is 0 Å². The summed E-state index contributed by atoms with van der Waals surface area (Å²) in [7, 11) is 0. The zero-order valence-electron chi connectivity index (χ0n) is 14.2. The second-order valence-electron chi connectivity index (χ2n) is 6.22. The first kappa shape index (κ1) is 17.0. The van der Waals surface area contributed by atoms with Crippen LogP contribution in [0.4, 0.5) is 20.6 Å². The maximum Gasteiger partial charge on any atom is 0.319 e. The van der Waals surface area contributed by atoms with Crippen LogP contribution >= 0.6 is 0 Å². The van der Waals surface area contributed by atoms with Crippen LogP contribution in [0.1, 0.15) is 17.5 Å². The Morgan fingerprint density at radius 1 is 1.16 bits per heavy atom. The molecule has 5 nitrogen and oxygen atoms in total. The summed E-state index contributed by atoms with van der Waals surface area (Å²) in [6.45, 7) is 4.34. The Balaban J connectivity index is 1.63. The molecule has 6 heteroatoms. The highest BCUT2D eigenvalue weighted by Crippen LogP contribution is 2.22. The summed E-state index contributed by atoms with van der Waals surface area (Å²) in [6, 6.07) is 10.5. The molecule has 25 heavy (non-hydrogen) atoms. The number of carbonyl (C=O) groups is 2. The van der Waals surface area contributed by atoms with Crippen LogP contribution in [-0.2, 0) is 4.79 Å². The third-order valence-electron chi connectivity index (χ3n) is 4.29. The number of aryl methyl sites for hydroxylation is 2. The minimum atomic E-state index is -0.588. The van der Waals surface area contributed by atoms with E-state index in [0.717, 1.165) is 16.8 Å². The fourth-order valence-corrected chi connectivity index (χ4v) is 2.88. The van der Waals surface area contributed by atoms with E-state index < -0.39 is 12.1 Å². The molecular weight excluding hydrogens is 321 g/mol. The molecular formula is C19H20FN3O2. The number of carbonyl (C=O) groups excluding carboxylic acids is 2. The standard InChI is InChI=1S/C19H20FN3O2/c1-12-3-4-13(2)17(11-12)22-19(25)21-16-9-10-23(18(16)24)15-7-5-14(20)6-8-15/h3-8,11,16H,9-10H2,1-2H3,(H2,21,22,25)/t16-/m1/s1. The molecule has 0 unspecified atom stereocenters. The van der Waals surface area contributed by atoms with Crippen LogP contribution in [0.15, 0.2) is 42.5 Å². The average Bonchev–Trinajstić information content (AvgIpc) is 2.92. The summed E-state index contributed by atoms with van der Waals surface area (Å²) in [5.74, 6) is -0.541. The van der Waals surface area contributed by atoms with E-state index in [2.05, 4.69) is 10.6 Å². The van der Waals surface area contributed by atoms with E-state index in [1.807, 2.05) is 32.0 Å². The topological polar surface area (TPSA) is 61.4 Å². The van der Waals surface area contributed by atoms with E-state index in [4.69, 9.17) is 0 Å². The van der Waals surface area contributed by atoms with Crippen molar-refractivity contribution in [3.8, 4) is 0 Å². The number of urea groups is 1. The van der Waals surface area contributed by atoms with Crippen molar-refractivity contribution in [2.24, 2.45) is 0 Å². The van der Waals surface area contributed by atoms with Crippen LogP contribution < -0.4 is 15.5 Å². The highest BCUT2D eigenvalue weighted by Gasteiger charge is 2.33. The SMILES string of the molecule is Cc1ccc(C)c(NC(=O)N[C@@H]2CCN(c3ccc(F)cc3)C2=O)c1. The van der Waals surface area contributed by atoms with Crippen molar-refractivity contribution in [3.05, 3.63) is 59.4 Å². The average molecular weight is 341 g/mol. The summed E-state index contributed by atoms with van der Waals surface area (Å²) < 4.78 is 13.0. The number of halogens is 1. The molecule has 1 aliphatic heterocycles. The van der Waals surface area contributed by atoms with Crippen LogP contribution in [0.2, 0.25) is 0 Å². The van der Waals surface area contributed by atoms with Crippen molar-refractivity contribution in [3.63, 3.8) is 0 Å². The number of nitrogens with one attached hydrogen (secondary N) is 2. The van der Waals surface area contributed by atoms with E-state index in [0.29, 0.717) is 18.7 Å². The first-order valence-corrected chi connectivity index (χ1v) is 8.16. The molecule has 2 N–H and O–H groups in total. The summed E-state index contributed by atoms with van der Waals surface area (Å²) in [6.07, 6.45) is 0.510. The molecule has 130 valence electrons. The van der Waals surface area contributed by atoms with Gasteiger partial charge in [0, 0.05) is 17.9 Å². The number of hydrogen-bond acceptors (Lipinski definition) is 2. The van der Waals surface area contributed by atoms with E-state index in [1.54, 1.807) is 17.0 Å². The van der Waals surface area contributed by atoms with Gasteiger partial charge in [0.15, 0.2) is 0 Å². The lowest BCUT2D eigenvalue weighted by Gasteiger charge is -2.17. The molecule has 0 aromatic heterocycles. The molecule has 2 aromatic carbocycles. The number of nitrogens with zero attached hydrogens (tertiary/aromatic N) is 1. The van der Waals surface area contributed by atoms with Crippen LogP contribution in [-0.4, -0.2) is 24.5 Å². The lowest BCUT2D eigenvalue weighted by Crippen LogP contribution is -2.43. The summed E-state index contributed by atoms with van der Waals surface area (Å²) in [4.78, 5) is 26.3. The molecule has 0 aliphatic carbocycles. The molecule has 0 saturated carbocycles. The maximum absolute atomic E-state index is 13.0. The molecule has 1 saturated heterocycles. The monoisotopic (exact) mass is 341 g/mol. The molecule has 1 atom stereocenters. The minimum absolute atomic E-state index is 0.192. The van der Waals surface area contributed by atoms with Gasteiger partial charge in [-0.05, 0) is 61.7 Å². The predicted octanol–water partition coefficient (Wildman–Crippen LogP) is 3.37. The highest BCUT2D eigenvalue weighted by atomic mass is 19.1. The van der Waals surface area contributed by atoms with Gasteiger partial charge in [0.1, 0.15) is 11.9 Å². The Morgan fingerprint density at radius 3 is 2.60 bits per heavy atom. The minimum Gasteiger partial charge on any atom is -0.326 e. The van der Waals surface area contributed by atoms with E-state index >= 15 is 0 Å². The van der Waals surface area contributed by atoms with Crippen molar-refractivity contribution in [1.29, 1.82) is 0 Å². The fourth-order valence-electron chi connectivity index (χ4n) is 2.88. The molecule has 0 radical (unpaired) electrons. The first-order valence-electron chi connectivity index (χ1n) is 8.16. The first-order chi connectivity index (χ1) is 11.9. The molecule has 3 amide bonds. The molecule has 1 aliphatic rings. The summed E-state index contributed by atoms with van der Waals surface area (Å²) >= 11 is 0. The second-order valence-corrected chi connectivity index (χ2v) is 6.22. The van der Waals surface area contributed by atoms with Crippen molar-refractivity contribution in [1.82, 2.24) is 5.32 Å². The van der Waals surface area contributed by atoms with E-state index in [1.165, 1.54) is 12.1 Å². The van der Waals surface area contributed by atoms with Gasteiger partial charge in [-0.15, -0.1) is 0 Å². The summed E-state index contributed by atoms with van der Waals surface area (Å²) in [5.41, 5.74) is 3.34. The molecule has 0 spiro atoms. The van der Waals surface area contributed by atoms with Crippen LogP contribution in [0.3, 0.4) is 0 Å². The van der Waals surface area contributed by atoms with Gasteiger partial charge in [0.05, 0.1) is 0 Å². The van der Waals surface area contributed by atoms with Crippen molar-refractivity contribution in [2.75, 3.05) is 16.8 Å². The second kappa shape index (κ2) is 6.93. The van der Waals surface area contributed by atoms with Crippen LogP contribution in [0, 0.1) is 19.7 Å². The van der Waals surface area contributed by atoms with Crippen molar-refractivity contribution >= 4 is 23.3 Å². The lowest BCUT2D eigenvalue weighted by molar-refractivity contribution is -0.118. The predicted molar refractivity (Wildman–Crippen MR) is 95.2 cm³/mol. The zero-order valence-corrected chi connectivity index (χ0v) is 14.2. The number of benzene rings is 2. The molecule has 1 heterocycles. The number of anilines is 2. The van der Waals surface area contributed by atoms with Crippen LogP contribution in [0.25, 0.3) is 0 Å². The van der Waals surface area contributed by atoms with Gasteiger partial charge >= 0.3 is 6.03 Å². The van der Waals surface area contributed by atoms with Gasteiger partial charge in [-0.1, -0.05) is 12.1 Å². The van der Waals surface area contributed by atoms with Gasteiger partial charge in [-0.25, -0.2) is 9.18 Å². The highest BCUT2D eigenvalue weighted by molar-refractivity contribution is 6.02. The molecule has 0 bridgehead atoms. The largest absolute Gasteiger partial charge is 0.326 e. The molecule has 3 rings (SSSR count). The fraction of sp³-hybridized carbons (Fsp3) is 0.263. The maximum atomic E-state index is 13.0. The van der Waals surface area contributed by atoms with E-state index in [9.17, 15) is 14.0 Å². The lowest BCUT2D eigenvalue weighted by atomic mass is 10.1. The number of rotatable bonds is 3. The Morgan fingerprint density at radius 2 is 1.88 bits per heavy atom. The Labute approximate surface area is 145 Å². The normalized spacial score (nSPS) is 16.8. The molecule has 2 aromatic rings. The Bertz CT molecular complexity index is 805. The third-order valence-corrected chi connectivity index (χ3v) is 4.29. The van der Waals surface area contributed by atoms with E-state index in [-0.39, 0.29) is 11.7 Å². The Hall–Kier alpha value is -2.89. The Kier molecular flexibility index (Phi) is 4.70. The van der Waals surface area contributed by atoms with Gasteiger partial charge in [0.2, 0.25) is 5.91 Å². The summed E-state index contributed by atoms with van der Waals surface area (Å²) in [5, 5.41) is 5.51. The number of amides is 3. The molecule has 1 fully saturated rings. The van der Waals surface area contributed by atoms with Crippen LogP contribution in [0.5, 0.6) is 0 Å². The van der Waals surface area contributed by atoms with Gasteiger partial charge in [-0.3, -0.25) is 4.79 Å². The number of hydrogen-bond donors (Lipinski definition) is 2. The van der Waals surface area contributed by atoms with Crippen molar-refractivity contribution < 1.29 is 14.0 Å². The quantitative estimate of drug-likeness (QED) is 0.899. The third kappa shape index (κ3) is 3.79. The van der Waals surface area contributed by atoms with Gasteiger partial charge in [0.25, 0.3) is 0 Å². The van der Waals surface area contributed by atoms with Gasteiger partial charge < -0.3 is 15.5 Å². The smallest absolute Gasteiger partial charge is 0.319 e. The zero-order chi connectivity index (χ0) is 18.0. The van der Waals surface area contributed by atoms with Crippen molar-refractivity contribution in [2.45, 2.75) is 26.3 Å².